The average molecular weight is 312 g/mol. The van der Waals surface area contributed by atoms with Gasteiger partial charge in [-0.05, 0) is 0 Å². The third kappa shape index (κ3) is 2.50. The smallest absolute Gasteiger partial charge is 1.00 e. The Labute approximate surface area is 135 Å². The molecule has 18 heavy (non-hydrogen) atoms. The van der Waals surface area contributed by atoms with Gasteiger partial charge < -0.3 is 22.3 Å². The fraction of sp³-hybridized carbons (Fsp3) is 0.200. The van der Waals surface area contributed by atoms with Gasteiger partial charge in [-0.1, -0.05) is 84.3 Å². The molecule has 0 bridgehead atoms. The van der Waals surface area contributed by atoms with Crippen molar-refractivity contribution in [1.29, 1.82) is 0 Å². The van der Waals surface area contributed by atoms with Gasteiger partial charge in [-0.15, -0.1) is 6.04 Å². The first kappa shape index (κ1) is 15.7. The molecule has 3 heteroatoms. The zero-order valence-corrected chi connectivity index (χ0v) is 13.4. The minimum absolute atomic E-state index is 0. The van der Waals surface area contributed by atoms with E-state index in [1.165, 1.54) is 11.1 Å². The number of nitrogens with zero attached hydrogens (tertiary/aromatic N) is 1. The van der Waals surface area contributed by atoms with Crippen LogP contribution in [0.4, 0.5) is 0 Å². The molecule has 0 spiro atoms. The summed E-state index contributed by atoms with van der Waals surface area (Å²) in [4.78, 5) is 0. The molecule has 0 saturated carbocycles. The third-order valence-electron chi connectivity index (χ3n) is 3.36. The topological polar surface area (TPSA) is 14.1 Å². The Hall–Kier alpha value is -0.354. The Morgan fingerprint density at radius 3 is 1.44 bits per heavy atom. The Kier molecular flexibility index (Phi) is 5.41. The minimum Gasteiger partial charge on any atom is -1.00 e. The molecule has 0 radical (unpaired) electrons. The monoisotopic (exact) mass is 311 g/mol. The van der Waals surface area contributed by atoms with Crippen molar-refractivity contribution in [3.8, 4) is 0 Å². The van der Waals surface area contributed by atoms with Crippen molar-refractivity contribution in [2.75, 3.05) is 0 Å². The van der Waals surface area contributed by atoms with Crippen LogP contribution in [0.25, 0.3) is 5.32 Å². The van der Waals surface area contributed by atoms with Crippen molar-refractivity contribution in [2.45, 2.75) is 18.5 Å². The molecule has 1 heterocycles. The summed E-state index contributed by atoms with van der Waals surface area (Å²) in [6.45, 7) is 2.18. The van der Waals surface area contributed by atoms with Gasteiger partial charge >= 0.3 is 23.1 Å². The van der Waals surface area contributed by atoms with Crippen LogP contribution in [0, 0.1) is 0 Å². The molecule has 1 atom stereocenters. The van der Waals surface area contributed by atoms with Gasteiger partial charge in [-0.3, -0.25) is 0 Å². The number of hydrogen-bond donors (Lipinski definition) is 0. The molecule has 1 nitrogen and oxygen atoms in total. The predicted octanol–water partition coefficient (Wildman–Crippen LogP) is 0.329. The van der Waals surface area contributed by atoms with Crippen molar-refractivity contribution in [1.82, 2.24) is 0 Å². The van der Waals surface area contributed by atoms with Crippen molar-refractivity contribution in [3.05, 3.63) is 77.1 Å². The van der Waals surface area contributed by atoms with Crippen LogP contribution in [0.2, 0.25) is 0 Å². The number of benzene rings is 2. The van der Waals surface area contributed by atoms with E-state index in [1.54, 1.807) is 0 Å². The third-order valence-corrected chi connectivity index (χ3v) is 3.36. The summed E-state index contributed by atoms with van der Waals surface area (Å²) < 4.78 is 0. The van der Waals surface area contributed by atoms with Crippen LogP contribution in [-0.4, -0.2) is 29.1 Å². The summed E-state index contributed by atoms with van der Waals surface area (Å²) in [6.07, 6.45) is 0. The predicted molar refractivity (Wildman–Crippen MR) is 72.2 cm³/mol. The van der Waals surface area contributed by atoms with Crippen molar-refractivity contribution >= 4 is 23.1 Å². The molecule has 0 aromatic heterocycles. The van der Waals surface area contributed by atoms with Crippen LogP contribution in [-0.2, 0) is 5.54 Å². The first-order valence-electron chi connectivity index (χ1n) is 5.67. The molecule has 1 aliphatic rings. The van der Waals surface area contributed by atoms with E-state index in [-0.39, 0.29) is 45.6 Å². The fourth-order valence-electron chi connectivity index (χ4n) is 2.45. The Morgan fingerprint density at radius 1 is 0.833 bits per heavy atom. The summed E-state index contributed by atoms with van der Waals surface area (Å²) in [5.74, 6) is 0. The zero-order chi connectivity index (χ0) is 11.0. The molecule has 1 unspecified atom stereocenters. The van der Waals surface area contributed by atoms with E-state index in [4.69, 9.17) is 5.32 Å². The van der Waals surface area contributed by atoms with Crippen molar-refractivity contribution in [2.24, 2.45) is 0 Å². The standard InChI is InChI=1S/C15H14N.BrH.Mg/c1-12-15(16-12,13-8-4-2-5-9-13)14-10-6-3-7-11-14;;/h2-12H,1H3;1H;/q-1;;+2/p-1. The van der Waals surface area contributed by atoms with Crippen LogP contribution < -0.4 is 17.0 Å². The van der Waals surface area contributed by atoms with Gasteiger partial charge in [0.2, 0.25) is 0 Å². The maximum absolute atomic E-state index is 4.73. The van der Waals surface area contributed by atoms with Gasteiger partial charge in [0.1, 0.15) is 0 Å². The van der Waals surface area contributed by atoms with Crippen LogP contribution >= 0.6 is 0 Å². The maximum Gasteiger partial charge on any atom is 2.00 e. The number of rotatable bonds is 2. The van der Waals surface area contributed by atoms with Crippen LogP contribution in [0.3, 0.4) is 0 Å². The summed E-state index contributed by atoms with van der Waals surface area (Å²) in [5.41, 5.74) is 2.52. The maximum atomic E-state index is 4.73. The van der Waals surface area contributed by atoms with E-state index in [1.807, 2.05) is 0 Å². The van der Waals surface area contributed by atoms with E-state index in [0.717, 1.165) is 0 Å². The molecule has 88 valence electrons. The van der Waals surface area contributed by atoms with E-state index < -0.39 is 0 Å². The minimum atomic E-state index is -0.0808. The van der Waals surface area contributed by atoms with Gasteiger partial charge in [0.25, 0.3) is 0 Å². The molecular formula is C15H14BrMgN. The SMILES string of the molecule is CC1[N-]C1(c1ccccc1)c1ccccc1.[Br-].[Mg+2]. The second-order valence-corrected chi connectivity index (χ2v) is 4.30. The molecule has 1 saturated heterocycles. The van der Waals surface area contributed by atoms with E-state index in [0.29, 0.717) is 6.04 Å². The van der Waals surface area contributed by atoms with Crippen molar-refractivity contribution < 1.29 is 17.0 Å². The summed E-state index contributed by atoms with van der Waals surface area (Å²) in [5, 5.41) is 4.73. The largest absolute Gasteiger partial charge is 2.00 e. The Bertz CT molecular complexity index is 447. The van der Waals surface area contributed by atoms with E-state index >= 15 is 0 Å². The average Bonchev–Trinajstić information content (AvgIpc) is 3.05. The summed E-state index contributed by atoms with van der Waals surface area (Å²) >= 11 is 0. The van der Waals surface area contributed by atoms with Gasteiger partial charge in [0.15, 0.2) is 0 Å². The molecular weight excluding hydrogens is 298 g/mol. The van der Waals surface area contributed by atoms with Gasteiger partial charge in [0, 0.05) is 0 Å². The molecule has 2 aromatic carbocycles. The van der Waals surface area contributed by atoms with Crippen molar-refractivity contribution in [3.63, 3.8) is 0 Å². The first-order chi connectivity index (χ1) is 7.84. The molecule has 1 fully saturated rings. The number of halogens is 1. The van der Waals surface area contributed by atoms with Crippen LogP contribution in [0.1, 0.15) is 18.1 Å². The summed E-state index contributed by atoms with van der Waals surface area (Å²) in [6, 6.07) is 21.5. The van der Waals surface area contributed by atoms with Crippen LogP contribution in [0.15, 0.2) is 60.7 Å². The molecule has 0 N–H and O–H groups in total. The van der Waals surface area contributed by atoms with E-state index in [2.05, 4.69) is 67.6 Å². The second kappa shape index (κ2) is 6.20. The van der Waals surface area contributed by atoms with Gasteiger partial charge in [-0.25, -0.2) is 0 Å². The molecule has 3 rings (SSSR count). The zero-order valence-electron chi connectivity index (χ0n) is 10.4. The number of hydrogen-bond acceptors (Lipinski definition) is 0. The molecule has 2 aromatic rings. The Morgan fingerprint density at radius 2 is 1.17 bits per heavy atom. The van der Waals surface area contributed by atoms with Gasteiger partial charge in [-0.2, -0.15) is 0 Å². The molecule has 1 aliphatic heterocycles. The normalized spacial score (nSPS) is 19.3. The Balaban J connectivity index is 0.000000810. The van der Waals surface area contributed by atoms with Crippen LogP contribution in [0.5, 0.6) is 0 Å². The van der Waals surface area contributed by atoms with E-state index in [9.17, 15) is 0 Å². The first-order valence-corrected chi connectivity index (χ1v) is 5.67. The summed E-state index contributed by atoms with van der Waals surface area (Å²) in [7, 11) is 0. The quantitative estimate of drug-likeness (QED) is 0.560. The van der Waals surface area contributed by atoms with Gasteiger partial charge in [0.05, 0.1) is 0 Å². The fourth-order valence-corrected chi connectivity index (χ4v) is 2.45. The second-order valence-electron chi connectivity index (χ2n) is 4.30. The molecule has 0 aliphatic carbocycles. The molecule has 0 amide bonds.